The zero-order valence-electron chi connectivity index (χ0n) is 15.0. The second-order valence-electron chi connectivity index (χ2n) is 5.77. The van der Waals surface area contributed by atoms with E-state index in [1.807, 2.05) is 0 Å². The summed E-state index contributed by atoms with van der Waals surface area (Å²) in [5, 5.41) is 12.0. The Morgan fingerprint density at radius 2 is 2.07 bits per heavy atom. The van der Waals surface area contributed by atoms with Crippen LogP contribution in [0.5, 0.6) is 0 Å². The molecule has 0 aliphatic carbocycles. The monoisotopic (exact) mass is 422 g/mol. The predicted octanol–water partition coefficient (Wildman–Crippen LogP) is 1.90. The van der Waals surface area contributed by atoms with Crippen LogP contribution in [-0.4, -0.2) is 46.4 Å². The molecule has 1 unspecified atom stereocenters. The third-order valence-electron chi connectivity index (χ3n) is 4.00. The van der Waals surface area contributed by atoms with Crippen LogP contribution in [0.4, 0.5) is 18.0 Å². The van der Waals surface area contributed by atoms with Crippen molar-refractivity contribution in [2.45, 2.75) is 32.6 Å². The number of hydrogen-bond acceptors (Lipinski definition) is 6. The highest BCUT2D eigenvalue weighted by Crippen LogP contribution is 2.30. The van der Waals surface area contributed by atoms with Gasteiger partial charge in [-0.15, -0.1) is 11.3 Å². The van der Waals surface area contributed by atoms with Gasteiger partial charge >= 0.3 is 18.0 Å². The number of rotatable bonds is 6. The van der Waals surface area contributed by atoms with Crippen LogP contribution in [0.15, 0.2) is 14.7 Å². The molecule has 0 saturated carbocycles. The molecule has 0 fully saturated rings. The first kappa shape index (κ1) is 21.6. The highest BCUT2D eigenvalue weighted by Gasteiger charge is 2.40. The van der Waals surface area contributed by atoms with Crippen molar-refractivity contribution in [1.82, 2.24) is 14.6 Å². The summed E-state index contributed by atoms with van der Waals surface area (Å²) in [4.78, 5) is 36.4. The van der Waals surface area contributed by atoms with Crippen molar-refractivity contribution in [3.05, 3.63) is 31.3 Å². The number of amides is 1. The second kappa shape index (κ2) is 8.14. The SMILES string of the molecule is COCCn1c(=O)n(C(C)C(F)(F)F)c(=O)c2c(C)c(C=NNC(=O)O)sc21. The summed E-state index contributed by atoms with van der Waals surface area (Å²) in [7, 11) is 1.37. The average Bonchev–Trinajstić information content (AvgIpc) is 2.90. The summed E-state index contributed by atoms with van der Waals surface area (Å²) < 4.78 is 45.8. The Morgan fingerprint density at radius 1 is 1.43 bits per heavy atom. The van der Waals surface area contributed by atoms with E-state index in [4.69, 9.17) is 9.84 Å². The number of aryl methyl sites for hydroxylation is 1. The van der Waals surface area contributed by atoms with E-state index in [0.717, 1.165) is 29.0 Å². The molecule has 2 N–H and O–H groups in total. The normalized spacial score (nSPS) is 13.4. The van der Waals surface area contributed by atoms with E-state index in [9.17, 15) is 27.6 Å². The lowest BCUT2D eigenvalue weighted by Gasteiger charge is -2.19. The average molecular weight is 422 g/mol. The lowest BCUT2D eigenvalue weighted by molar-refractivity contribution is -0.164. The van der Waals surface area contributed by atoms with Gasteiger partial charge in [-0.05, 0) is 19.4 Å². The minimum Gasteiger partial charge on any atom is -0.464 e. The highest BCUT2D eigenvalue weighted by molar-refractivity contribution is 7.20. The van der Waals surface area contributed by atoms with Gasteiger partial charge in [0.15, 0.2) is 0 Å². The first-order valence-electron chi connectivity index (χ1n) is 7.86. The molecule has 9 nitrogen and oxygen atoms in total. The summed E-state index contributed by atoms with van der Waals surface area (Å²) in [6.07, 6.45) is -5.08. The van der Waals surface area contributed by atoms with Crippen LogP contribution in [0.25, 0.3) is 10.2 Å². The standard InChI is InChI=1S/C15H17F3N4O5S/c1-7-9(6-19-20-13(24)25)28-12-10(7)11(23)22(8(2)15(16,17)18)14(26)21(12)4-5-27-3/h6,8,20H,4-5H2,1-3H3,(H,24,25). The van der Waals surface area contributed by atoms with Crippen LogP contribution in [0, 0.1) is 6.92 Å². The number of nitrogens with zero attached hydrogens (tertiary/aromatic N) is 3. The topological polar surface area (TPSA) is 115 Å². The van der Waals surface area contributed by atoms with Gasteiger partial charge in [-0.25, -0.2) is 19.6 Å². The van der Waals surface area contributed by atoms with E-state index in [2.05, 4.69) is 5.10 Å². The van der Waals surface area contributed by atoms with Crippen LogP contribution in [0.3, 0.4) is 0 Å². The van der Waals surface area contributed by atoms with Crippen molar-refractivity contribution in [2.24, 2.45) is 5.10 Å². The predicted molar refractivity (Wildman–Crippen MR) is 96.5 cm³/mol. The van der Waals surface area contributed by atoms with Crippen LogP contribution >= 0.6 is 11.3 Å². The Morgan fingerprint density at radius 3 is 2.61 bits per heavy atom. The molecule has 2 aromatic heterocycles. The zero-order chi connectivity index (χ0) is 21.2. The molecular formula is C15H17F3N4O5S. The van der Waals surface area contributed by atoms with Crippen LogP contribution in [0.1, 0.15) is 23.4 Å². The van der Waals surface area contributed by atoms with Gasteiger partial charge in [0.2, 0.25) is 0 Å². The number of halogens is 3. The van der Waals surface area contributed by atoms with E-state index in [1.165, 1.54) is 14.0 Å². The maximum absolute atomic E-state index is 13.2. The van der Waals surface area contributed by atoms with Crippen LogP contribution < -0.4 is 16.7 Å². The Balaban J connectivity index is 2.82. The molecule has 0 spiro atoms. The maximum atomic E-state index is 13.2. The van der Waals surface area contributed by atoms with Gasteiger partial charge in [0.1, 0.15) is 10.9 Å². The maximum Gasteiger partial charge on any atom is 0.425 e. The number of aromatic nitrogens is 2. The fourth-order valence-corrected chi connectivity index (χ4v) is 3.71. The number of ether oxygens (including phenoxy) is 1. The third kappa shape index (κ3) is 4.09. The van der Waals surface area contributed by atoms with Crippen molar-refractivity contribution in [2.75, 3.05) is 13.7 Å². The molecule has 2 rings (SSSR count). The Hall–Kier alpha value is -2.67. The molecule has 0 saturated heterocycles. The number of hydrazone groups is 1. The number of hydrogen-bond donors (Lipinski definition) is 2. The van der Waals surface area contributed by atoms with Crippen molar-refractivity contribution < 1.29 is 27.8 Å². The Bertz CT molecular complexity index is 1040. The van der Waals surface area contributed by atoms with Gasteiger partial charge in [-0.2, -0.15) is 18.3 Å². The zero-order valence-corrected chi connectivity index (χ0v) is 15.8. The second-order valence-corrected chi connectivity index (χ2v) is 6.80. The van der Waals surface area contributed by atoms with E-state index >= 15 is 0 Å². The first-order chi connectivity index (χ1) is 13.0. The minimum absolute atomic E-state index is 0.0363. The number of alkyl halides is 3. The number of methoxy groups -OCH3 is 1. The Labute approximate surface area is 159 Å². The molecule has 2 aromatic rings. The van der Waals surface area contributed by atoms with Crippen molar-refractivity contribution in [3.63, 3.8) is 0 Å². The van der Waals surface area contributed by atoms with Gasteiger partial charge in [0, 0.05) is 7.11 Å². The fraction of sp³-hybridized carbons (Fsp3) is 0.467. The molecule has 0 radical (unpaired) electrons. The quantitative estimate of drug-likeness (QED) is 0.545. The summed E-state index contributed by atoms with van der Waals surface area (Å²) in [6.45, 7) is 2.18. The number of fused-ring (bicyclic) bond motifs is 1. The van der Waals surface area contributed by atoms with E-state index in [1.54, 1.807) is 5.43 Å². The molecular weight excluding hydrogens is 405 g/mol. The molecule has 0 aliphatic rings. The van der Waals surface area contributed by atoms with Gasteiger partial charge in [0.05, 0.1) is 29.6 Å². The molecule has 1 amide bonds. The first-order valence-corrected chi connectivity index (χ1v) is 8.68. The number of carboxylic acid groups (broad SMARTS) is 1. The molecule has 154 valence electrons. The van der Waals surface area contributed by atoms with Crippen molar-refractivity contribution in [1.29, 1.82) is 0 Å². The summed E-state index contributed by atoms with van der Waals surface area (Å²) in [6, 6.07) is -2.32. The van der Waals surface area contributed by atoms with Crippen LogP contribution in [-0.2, 0) is 11.3 Å². The lowest BCUT2D eigenvalue weighted by Crippen LogP contribution is -2.45. The number of nitrogens with one attached hydrogen (secondary N) is 1. The van der Waals surface area contributed by atoms with Crippen molar-refractivity contribution in [3.8, 4) is 0 Å². The van der Waals surface area contributed by atoms with Gasteiger partial charge in [-0.3, -0.25) is 9.36 Å². The van der Waals surface area contributed by atoms with Gasteiger partial charge in [-0.1, -0.05) is 0 Å². The van der Waals surface area contributed by atoms with Gasteiger partial charge < -0.3 is 9.84 Å². The molecule has 0 aromatic carbocycles. The summed E-state index contributed by atoms with van der Waals surface area (Å²) >= 11 is 0.939. The fourth-order valence-electron chi connectivity index (χ4n) is 2.52. The number of thiophene rings is 1. The highest BCUT2D eigenvalue weighted by atomic mass is 32.1. The molecule has 2 heterocycles. The minimum atomic E-state index is -4.80. The van der Waals surface area contributed by atoms with E-state index < -0.39 is 29.6 Å². The molecule has 0 bridgehead atoms. The lowest BCUT2D eigenvalue weighted by atomic mass is 10.2. The Kier molecular flexibility index (Phi) is 6.29. The van der Waals surface area contributed by atoms with E-state index in [0.29, 0.717) is 4.88 Å². The summed E-state index contributed by atoms with van der Waals surface area (Å²) in [5.74, 6) is 0. The van der Waals surface area contributed by atoms with E-state index in [-0.39, 0.29) is 33.5 Å². The molecule has 1 atom stereocenters. The van der Waals surface area contributed by atoms with Crippen molar-refractivity contribution >= 4 is 33.9 Å². The third-order valence-corrected chi connectivity index (χ3v) is 5.25. The molecule has 28 heavy (non-hydrogen) atoms. The molecule has 0 aliphatic heterocycles. The largest absolute Gasteiger partial charge is 0.464 e. The number of carbonyl (C=O) groups is 1. The van der Waals surface area contributed by atoms with Gasteiger partial charge in [0.25, 0.3) is 5.56 Å². The molecule has 13 heteroatoms. The smallest absolute Gasteiger partial charge is 0.425 e. The summed E-state index contributed by atoms with van der Waals surface area (Å²) in [5.41, 5.74) is -0.126. The van der Waals surface area contributed by atoms with Crippen LogP contribution in [0.2, 0.25) is 0 Å².